The molecule has 0 fully saturated rings. The molecule has 122 valence electrons. The van der Waals surface area contributed by atoms with Gasteiger partial charge in [0.2, 0.25) is 15.9 Å². The number of carbonyl (C=O) groups is 1. The molecule has 0 radical (unpaired) electrons. The maximum absolute atomic E-state index is 12.4. The van der Waals surface area contributed by atoms with Gasteiger partial charge in [-0.25, -0.2) is 8.42 Å². The Kier molecular flexibility index (Phi) is 5.56. The molecule has 1 amide bonds. The molecule has 2 rings (SSSR count). The zero-order valence-corrected chi connectivity index (χ0v) is 15.2. The number of halogens is 1. The lowest BCUT2D eigenvalue weighted by Crippen LogP contribution is -2.35. The minimum absolute atomic E-state index is 0.145. The van der Waals surface area contributed by atoms with Crippen molar-refractivity contribution in [2.24, 2.45) is 0 Å². The first-order valence-corrected chi connectivity index (χ1v) is 9.11. The van der Waals surface area contributed by atoms with Crippen LogP contribution < -0.4 is 5.32 Å². The van der Waals surface area contributed by atoms with Gasteiger partial charge < -0.3 is 5.32 Å². The van der Waals surface area contributed by atoms with Crippen LogP contribution in [0.2, 0.25) is 0 Å². The fourth-order valence-electron chi connectivity index (χ4n) is 1.98. The molecule has 0 aliphatic heterocycles. The number of para-hydroxylation sites is 1. The second-order valence-corrected chi connectivity index (χ2v) is 8.04. The maximum atomic E-state index is 12.4. The summed E-state index contributed by atoms with van der Waals surface area (Å²) in [6.07, 6.45) is 0. The fraction of sp³-hybridized carbons (Fsp3) is 0.188. The summed E-state index contributed by atoms with van der Waals surface area (Å²) in [6.45, 7) is 1.62. The number of likely N-dealkylation sites (N-methyl/N-ethyl adjacent to an activating group) is 1. The van der Waals surface area contributed by atoms with Gasteiger partial charge in [0.05, 0.1) is 11.4 Å². The Morgan fingerprint density at radius 1 is 1.13 bits per heavy atom. The molecular weight excluding hydrogens is 380 g/mol. The molecule has 2 aromatic carbocycles. The van der Waals surface area contributed by atoms with Gasteiger partial charge in [-0.05, 0) is 42.8 Å². The van der Waals surface area contributed by atoms with E-state index in [2.05, 4.69) is 21.2 Å². The van der Waals surface area contributed by atoms with Crippen LogP contribution in [-0.2, 0) is 14.8 Å². The number of sulfonamides is 1. The average molecular weight is 397 g/mol. The van der Waals surface area contributed by atoms with Crippen molar-refractivity contribution in [3.63, 3.8) is 0 Å². The number of amides is 1. The highest BCUT2D eigenvalue weighted by Crippen LogP contribution is 2.18. The topological polar surface area (TPSA) is 66.5 Å². The van der Waals surface area contributed by atoms with E-state index in [9.17, 15) is 13.2 Å². The van der Waals surface area contributed by atoms with Crippen LogP contribution in [0, 0.1) is 6.92 Å². The van der Waals surface area contributed by atoms with Crippen molar-refractivity contribution in [2.45, 2.75) is 11.8 Å². The third kappa shape index (κ3) is 4.40. The highest BCUT2D eigenvalue weighted by Gasteiger charge is 2.23. The maximum Gasteiger partial charge on any atom is 0.243 e. The first-order valence-electron chi connectivity index (χ1n) is 6.88. The summed E-state index contributed by atoms with van der Waals surface area (Å²) in [5, 5.41) is 2.72. The first kappa shape index (κ1) is 17.7. The SMILES string of the molecule is Cc1ccccc1NC(=O)CN(C)S(=O)(=O)c1ccc(Br)cc1. The molecule has 7 heteroatoms. The standard InChI is InChI=1S/C16H17BrN2O3S/c1-12-5-3-4-6-15(12)18-16(20)11-19(2)23(21,22)14-9-7-13(17)8-10-14/h3-10H,11H2,1-2H3,(H,18,20). The molecule has 1 N–H and O–H groups in total. The predicted molar refractivity (Wildman–Crippen MR) is 93.8 cm³/mol. The van der Waals surface area contributed by atoms with E-state index in [1.54, 1.807) is 18.2 Å². The predicted octanol–water partition coefficient (Wildman–Crippen LogP) is 3.02. The van der Waals surface area contributed by atoms with E-state index in [0.29, 0.717) is 5.69 Å². The van der Waals surface area contributed by atoms with E-state index in [0.717, 1.165) is 14.3 Å². The Morgan fingerprint density at radius 3 is 2.35 bits per heavy atom. The smallest absolute Gasteiger partial charge is 0.243 e. The zero-order valence-electron chi connectivity index (χ0n) is 12.8. The lowest BCUT2D eigenvalue weighted by Gasteiger charge is -2.17. The van der Waals surface area contributed by atoms with Crippen molar-refractivity contribution in [3.8, 4) is 0 Å². The van der Waals surface area contributed by atoms with Crippen LogP contribution in [0.3, 0.4) is 0 Å². The van der Waals surface area contributed by atoms with Crippen LogP contribution in [0.25, 0.3) is 0 Å². The lowest BCUT2D eigenvalue weighted by atomic mass is 10.2. The van der Waals surface area contributed by atoms with E-state index in [1.807, 2.05) is 25.1 Å². The molecule has 5 nitrogen and oxygen atoms in total. The molecule has 0 aromatic heterocycles. The van der Waals surface area contributed by atoms with E-state index in [4.69, 9.17) is 0 Å². The zero-order chi connectivity index (χ0) is 17.0. The molecular formula is C16H17BrN2O3S. The fourth-order valence-corrected chi connectivity index (χ4v) is 3.37. The Hall–Kier alpha value is -1.70. The Labute approximate surface area is 144 Å². The van der Waals surface area contributed by atoms with Gasteiger partial charge >= 0.3 is 0 Å². The van der Waals surface area contributed by atoms with E-state index in [-0.39, 0.29) is 17.3 Å². The van der Waals surface area contributed by atoms with Gasteiger partial charge in [0.15, 0.2) is 0 Å². The highest BCUT2D eigenvalue weighted by molar-refractivity contribution is 9.10. The lowest BCUT2D eigenvalue weighted by molar-refractivity contribution is -0.116. The molecule has 0 saturated carbocycles. The van der Waals surface area contributed by atoms with Crippen molar-refractivity contribution in [1.29, 1.82) is 0 Å². The van der Waals surface area contributed by atoms with Gasteiger partial charge in [-0.15, -0.1) is 0 Å². The third-order valence-corrected chi connectivity index (χ3v) is 5.65. The van der Waals surface area contributed by atoms with Gasteiger partial charge in [-0.3, -0.25) is 4.79 Å². The van der Waals surface area contributed by atoms with Gasteiger partial charge in [0.25, 0.3) is 0 Å². The molecule has 23 heavy (non-hydrogen) atoms. The molecule has 0 aliphatic carbocycles. The summed E-state index contributed by atoms with van der Waals surface area (Å²) in [4.78, 5) is 12.2. The number of nitrogens with one attached hydrogen (secondary N) is 1. The number of rotatable bonds is 5. The number of benzene rings is 2. The molecule has 0 bridgehead atoms. The van der Waals surface area contributed by atoms with E-state index >= 15 is 0 Å². The number of hydrogen-bond acceptors (Lipinski definition) is 3. The van der Waals surface area contributed by atoms with Crippen LogP contribution >= 0.6 is 15.9 Å². The van der Waals surface area contributed by atoms with Crippen molar-refractivity contribution in [1.82, 2.24) is 4.31 Å². The van der Waals surface area contributed by atoms with Crippen molar-refractivity contribution in [2.75, 3.05) is 18.9 Å². The molecule has 0 unspecified atom stereocenters. The van der Waals surface area contributed by atoms with Gasteiger partial charge in [0, 0.05) is 17.2 Å². The van der Waals surface area contributed by atoms with Crippen molar-refractivity contribution >= 4 is 37.5 Å². The van der Waals surface area contributed by atoms with Crippen LogP contribution in [0.15, 0.2) is 57.9 Å². The molecule has 0 saturated heterocycles. The van der Waals surface area contributed by atoms with Crippen molar-refractivity contribution < 1.29 is 13.2 Å². The minimum atomic E-state index is -3.70. The van der Waals surface area contributed by atoms with Crippen LogP contribution in [0.5, 0.6) is 0 Å². The Morgan fingerprint density at radius 2 is 1.74 bits per heavy atom. The summed E-state index contributed by atoms with van der Waals surface area (Å²) >= 11 is 3.26. The second-order valence-electron chi connectivity index (χ2n) is 5.08. The first-order chi connectivity index (χ1) is 10.8. The number of anilines is 1. The molecule has 2 aromatic rings. The minimum Gasteiger partial charge on any atom is -0.325 e. The molecule has 0 heterocycles. The van der Waals surface area contributed by atoms with Gasteiger partial charge in [0.1, 0.15) is 0 Å². The van der Waals surface area contributed by atoms with Crippen LogP contribution in [-0.4, -0.2) is 32.2 Å². The quantitative estimate of drug-likeness (QED) is 0.844. The highest BCUT2D eigenvalue weighted by atomic mass is 79.9. The summed E-state index contributed by atoms with van der Waals surface area (Å²) in [5.74, 6) is -0.387. The van der Waals surface area contributed by atoms with Crippen LogP contribution in [0.4, 0.5) is 5.69 Å². The van der Waals surface area contributed by atoms with Crippen molar-refractivity contribution in [3.05, 3.63) is 58.6 Å². The molecule has 0 aliphatic rings. The summed E-state index contributed by atoms with van der Waals surface area (Å²) in [5.41, 5.74) is 1.59. The monoisotopic (exact) mass is 396 g/mol. The Balaban J connectivity index is 2.08. The van der Waals surface area contributed by atoms with E-state index in [1.165, 1.54) is 19.2 Å². The third-order valence-electron chi connectivity index (χ3n) is 3.31. The summed E-state index contributed by atoms with van der Waals surface area (Å²) < 4.78 is 26.7. The normalized spacial score (nSPS) is 11.5. The van der Waals surface area contributed by atoms with E-state index < -0.39 is 10.0 Å². The number of nitrogens with zero attached hydrogens (tertiary/aromatic N) is 1. The second kappa shape index (κ2) is 7.25. The van der Waals surface area contributed by atoms with Gasteiger partial charge in [-0.1, -0.05) is 34.1 Å². The number of hydrogen-bond donors (Lipinski definition) is 1. The summed E-state index contributed by atoms with van der Waals surface area (Å²) in [7, 11) is -2.32. The average Bonchev–Trinajstić information content (AvgIpc) is 2.50. The largest absolute Gasteiger partial charge is 0.325 e. The Bertz CT molecular complexity index is 804. The van der Waals surface area contributed by atoms with Gasteiger partial charge in [-0.2, -0.15) is 4.31 Å². The number of carbonyl (C=O) groups excluding carboxylic acids is 1. The van der Waals surface area contributed by atoms with Crippen LogP contribution in [0.1, 0.15) is 5.56 Å². The molecule has 0 atom stereocenters. The summed E-state index contributed by atoms with van der Waals surface area (Å²) in [6, 6.07) is 13.6. The molecule has 0 spiro atoms. The number of aryl methyl sites for hydroxylation is 1.